The van der Waals surface area contributed by atoms with Crippen molar-refractivity contribution in [2.75, 3.05) is 13.2 Å². The van der Waals surface area contributed by atoms with Crippen LogP contribution >= 0.6 is 22.6 Å². The first-order valence-electron chi connectivity index (χ1n) is 5.68. The summed E-state index contributed by atoms with van der Waals surface area (Å²) in [7, 11) is 0. The first-order chi connectivity index (χ1) is 8.16. The highest BCUT2D eigenvalue weighted by Crippen LogP contribution is 2.44. The molecule has 3 rings (SSSR count). The fourth-order valence-corrected chi connectivity index (χ4v) is 2.65. The van der Waals surface area contributed by atoms with Gasteiger partial charge in [-0.2, -0.15) is 0 Å². The van der Waals surface area contributed by atoms with E-state index in [1.165, 1.54) is 0 Å². The van der Waals surface area contributed by atoms with Crippen molar-refractivity contribution >= 4 is 28.5 Å². The molecular weight excluding hydrogens is 331 g/mol. The molecule has 0 radical (unpaired) electrons. The molecule has 5 heteroatoms. The van der Waals surface area contributed by atoms with Gasteiger partial charge in [0.05, 0.1) is 18.9 Å². The van der Waals surface area contributed by atoms with Crippen molar-refractivity contribution in [1.82, 2.24) is 10.3 Å². The van der Waals surface area contributed by atoms with E-state index in [9.17, 15) is 4.79 Å². The highest BCUT2D eigenvalue weighted by molar-refractivity contribution is 14.1. The van der Waals surface area contributed by atoms with Crippen LogP contribution < -0.4 is 5.32 Å². The molecule has 90 valence electrons. The fraction of sp³-hybridized carbons (Fsp3) is 0.500. The molecule has 1 saturated heterocycles. The first kappa shape index (κ1) is 11.4. The van der Waals surface area contributed by atoms with Gasteiger partial charge >= 0.3 is 0 Å². The maximum atomic E-state index is 12.0. The van der Waals surface area contributed by atoms with Crippen molar-refractivity contribution in [3.8, 4) is 0 Å². The number of nitrogens with zero attached hydrogens (tertiary/aromatic N) is 1. The van der Waals surface area contributed by atoms with Crippen LogP contribution in [-0.2, 0) is 4.74 Å². The van der Waals surface area contributed by atoms with Crippen molar-refractivity contribution < 1.29 is 9.53 Å². The second kappa shape index (κ2) is 4.20. The largest absolute Gasteiger partial charge is 0.381 e. The molecule has 1 saturated carbocycles. The Bertz CT molecular complexity index is 468. The molecule has 1 aliphatic carbocycles. The lowest BCUT2D eigenvalue weighted by Gasteiger charge is -2.07. The summed E-state index contributed by atoms with van der Waals surface area (Å²) in [4.78, 5) is 16.3. The molecular formula is C12H13IN2O2. The molecule has 1 N–H and O–H groups in total. The SMILES string of the molecule is Cc1nc(C(=O)N[C@H]2[C@@H]3COC[C@@H]32)ccc1I. The van der Waals surface area contributed by atoms with Crippen LogP contribution in [0, 0.1) is 22.3 Å². The highest BCUT2D eigenvalue weighted by Gasteiger charge is 2.54. The van der Waals surface area contributed by atoms with Gasteiger partial charge in [-0.1, -0.05) is 0 Å². The van der Waals surface area contributed by atoms with Gasteiger partial charge in [-0.15, -0.1) is 0 Å². The van der Waals surface area contributed by atoms with Gasteiger partial charge in [0.25, 0.3) is 5.91 Å². The predicted octanol–water partition coefficient (Wildman–Crippen LogP) is 1.37. The smallest absolute Gasteiger partial charge is 0.270 e. The number of aromatic nitrogens is 1. The third-order valence-electron chi connectivity index (χ3n) is 3.50. The number of rotatable bonds is 2. The Hall–Kier alpha value is -0.690. The van der Waals surface area contributed by atoms with Gasteiger partial charge in [-0.25, -0.2) is 4.98 Å². The summed E-state index contributed by atoms with van der Waals surface area (Å²) >= 11 is 2.21. The summed E-state index contributed by atoms with van der Waals surface area (Å²) in [5.41, 5.74) is 1.41. The third-order valence-corrected chi connectivity index (χ3v) is 4.64. The quantitative estimate of drug-likeness (QED) is 0.825. The van der Waals surface area contributed by atoms with Crippen molar-refractivity contribution in [2.45, 2.75) is 13.0 Å². The normalized spacial score (nSPS) is 29.9. The Morgan fingerprint density at radius 2 is 2.18 bits per heavy atom. The molecule has 1 aliphatic heterocycles. The lowest BCUT2D eigenvalue weighted by Crippen LogP contribution is -2.30. The molecule has 0 spiro atoms. The maximum Gasteiger partial charge on any atom is 0.270 e. The van der Waals surface area contributed by atoms with E-state index < -0.39 is 0 Å². The topological polar surface area (TPSA) is 51.2 Å². The molecule has 2 heterocycles. The minimum absolute atomic E-state index is 0.0658. The zero-order valence-corrected chi connectivity index (χ0v) is 11.6. The average molecular weight is 344 g/mol. The van der Waals surface area contributed by atoms with Crippen LogP contribution in [0.2, 0.25) is 0 Å². The van der Waals surface area contributed by atoms with E-state index in [1.807, 2.05) is 13.0 Å². The predicted molar refractivity (Wildman–Crippen MR) is 70.7 cm³/mol. The van der Waals surface area contributed by atoms with Gasteiger partial charge in [0.2, 0.25) is 0 Å². The average Bonchev–Trinajstić information content (AvgIpc) is 2.76. The number of hydrogen-bond acceptors (Lipinski definition) is 3. The van der Waals surface area contributed by atoms with E-state index in [0.29, 0.717) is 23.6 Å². The number of pyridine rings is 1. The molecule has 4 nitrogen and oxygen atoms in total. The molecule has 2 aliphatic rings. The second-order valence-electron chi connectivity index (χ2n) is 4.63. The van der Waals surface area contributed by atoms with Crippen LogP contribution in [0.1, 0.15) is 16.2 Å². The number of nitrogens with one attached hydrogen (secondary N) is 1. The maximum absolute atomic E-state index is 12.0. The van der Waals surface area contributed by atoms with Gasteiger partial charge in [-0.3, -0.25) is 4.79 Å². The van der Waals surface area contributed by atoms with Crippen molar-refractivity contribution in [3.05, 3.63) is 27.1 Å². The Morgan fingerprint density at radius 3 is 2.82 bits per heavy atom. The lowest BCUT2D eigenvalue weighted by atomic mass is 10.3. The molecule has 1 aromatic rings. The van der Waals surface area contributed by atoms with Crippen LogP contribution in [-0.4, -0.2) is 30.1 Å². The monoisotopic (exact) mass is 344 g/mol. The molecule has 0 aromatic carbocycles. The third kappa shape index (κ3) is 2.06. The van der Waals surface area contributed by atoms with E-state index in [0.717, 1.165) is 22.5 Å². The minimum atomic E-state index is -0.0658. The van der Waals surface area contributed by atoms with Crippen molar-refractivity contribution in [2.24, 2.45) is 11.8 Å². The van der Waals surface area contributed by atoms with Gasteiger partial charge in [-0.05, 0) is 41.6 Å². The summed E-state index contributed by atoms with van der Waals surface area (Å²) in [6, 6.07) is 4.01. The number of aryl methyl sites for hydroxylation is 1. The van der Waals surface area contributed by atoms with E-state index in [-0.39, 0.29) is 5.91 Å². The summed E-state index contributed by atoms with van der Waals surface area (Å²) in [5, 5.41) is 3.03. The fourth-order valence-electron chi connectivity index (χ4n) is 2.35. The Kier molecular flexibility index (Phi) is 2.82. The van der Waals surface area contributed by atoms with E-state index in [4.69, 9.17) is 4.74 Å². The number of halogens is 1. The van der Waals surface area contributed by atoms with Crippen molar-refractivity contribution in [3.63, 3.8) is 0 Å². The number of amides is 1. The van der Waals surface area contributed by atoms with Gasteiger partial charge in [0.15, 0.2) is 0 Å². The highest BCUT2D eigenvalue weighted by atomic mass is 127. The molecule has 1 aromatic heterocycles. The molecule has 3 atom stereocenters. The molecule has 0 unspecified atom stereocenters. The van der Waals surface area contributed by atoms with Gasteiger partial charge in [0, 0.05) is 21.4 Å². The molecule has 0 bridgehead atoms. The summed E-state index contributed by atoms with van der Waals surface area (Å²) in [5.74, 6) is 0.997. The summed E-state index contributed by atoms with van der Waals surface area (Å²) in [6.07, 6.45) is 0. The number of carbonyl (C=O) groups is 1. The molecule has 2 fully saturated rings. The zero-order chi connectivity index (χ0) is 12.0. The lowest BCUT2D eigenvalue weighted by molar-refractivity contribution is 0.0923. The number of carbonyl (C=O) groups excluding carboxylic acids is 1. The number of ether oxygens (including phenoxy) is 1. The second-order valence-corrected chi connectivity index (χ2v) is 5.79. The van der Waals surface area contributed by atoms with Crippen LogP contribution in [0.3, 0.4) is 0 Å². The molecule has 1 amide bonds. The van der Waals surface area contributed by atoms with Gasteiger partial charge < -0.3 is 10.1 Å². The van der Waals surface area contributed by atoms with Crippen LogP contribution in [0.25, 0.3) is 0 Å². The van der Waals surface area contributed by atoms with Crippen molar-refractivity contribution in [1.29, 1.82) is 0 Å². The van der Waals surface area contributed by atoms with E-state index >= 15 is 0 Å². The Morgan fingerprint density at radius 1 is 1.47 bits per heavy atom. The van der Waals surface area contributed by atoms with Crippen LogP contribution in [0.15, 0.2) is 12.1 Å². The number of hydrogen-bond donors (Lipinski definition) is 1. The van der Waals surface area contributed by atoms with E-state index in [2.05, 4.69) is 32.9 Å². The minimum Gasteiger partial charge on any atom is -0.381 e. The Labute approximate surface area is 113 Å². The van der Waals surface area contributed by atoms with Crippen LogP contribution in [0.4, 0.5) is 0 Å². The van der Waals surface area contributed by atoms with E-state index in [1.54, 1.807) is 6.07 Å². The first-order valence-corrected chi connectivity index (χ1v) is 6.76. The zero-order valence-electron chi connectivity index (χ0n) is 9.44. The summed E-state index contributed by atoms with van der Waals surface area (Å²) in [6.45, 7) is 3.49. The Balaban J connectivity index is 1.68. The summed E-state index contributed by atoms with van der Waals surface area (Å²) < 4.78 is 6.37. The number of fused-ring (bicyclic) bond motifs is 1. The molecule has 17 heavy (non-hydrogen) atoms. The van der Waals surface area contributed by atoms with Gasteiger partial charge in [0.1, 0.15) is 5.69 Å². The van der Waals surface area contributed by atoms with Crippen LogP contribution in [0.5, 0.6) is 0 Å². The standard InChI is InChI=1S/C12H13IN2O2/c1-6-9(13)2-3-10(14-6)12(16)15-11-7-4-17-5-8(7)11/h2-3,7-8,11H,4-5H2,1H3,(H,15,16)/t7-,8+,11+.